The second kappa shape index (κ2) is 6.83. The van der Waals surface area contributed by atoms with Gasteiger partial charge in [0.15, 0.2) is 0 Å². The lowest BCUT2D eigenvalue weighted by Crippen LogP contribution is -2.33. The van der Waals surface area contributed by atoms with E-state index in [9.17, 15) is 18.7 Å². The number of carbonyl (C=O) groups is 1. The van der Waals surface area contributed by atoms with Gasteiger partial charge in [-0.2, -0.15) is 11.8 Å². The number of halogens is 2. The molecule has 2 N–H and O–H groups in total. The van der Waals surface area contributed by atoms with Gasteiger partial charge in [-0.3, -0.25) is 5.32 Å². The second-order valence-corrected chi connectivity index (χ2v) is 6.76. The molecule has 0 unspecified atom stereocenters. The topological polar surface area (TPSA) is 58.6 Å². The van der Waals surface area contributed by atoms with Gasteiger partial charge in [0, 0.05) is 5.69 Å². The minimum Gasteiger partial charge on any atom is -0.447 e. The average Bonchev–Trinajstić information content (AvgIpc) is 2.36. The molecular formula is C15H19F2NO3S. The first-order valence-corrected chi connectivity index (χ1v) is 8.24. The maximum Gasteiger partial charge on any atom is 0.411 e. The number of nitrogens with one attached hydrogen (secondary N) is 1. The molecule has 0 spiro atoms. The van der Waals surface area contributed by atoms with Crippen LogP contribution in [0.25, 0.3) is 0 Å². The highest BCUT2D eigenvalue weighted by molar-refractivity contribution is 7.99. The number of carbonyl (C=O) groups excluding carboxylic acids is 1. The molecule has 7 heteroatoms. The fourth-order valence-electron chi connectivity index (χ4n) is 2.41. The fraction of sp³-hybridized carbons (Fsp3) is 0.533. The first-order chi connectivity index (χ1) is 10.3. The summed E-state index contributed by atoms with van der Waals surface area (Å²) in [7, 11) is 0. The molecule has 1 amide bonds. The number of thioether (sulfide) groups is 1. The van der Waals surface area contributed by atoms with E-state index in [0.29, 0.717) is 24.3 Å². The van der Waals surface area contributed by atoms with Gasteiger partial charge in [0.05, 0.1) is 17.3 Å². The van der Waals surface area contributed by atoms with E-state index in [1.807, 2.05) is 0 Å². The third kappa shape index (κ3) is 3.89. The Morgan fingerprint density at radius 3 is 2.36 bits per heavy atom. The van der Waals surface area contributed by atoms with Crippen LogP contribution in [0.1, 0.15) is 32.3 Å². The quantitative estimate of drug-likeness (QED) is 0.888. The van der Waals surface area contributed by atoms with Crippen molar-refractivity contribution in [2.75, 3.05) is 16.8 Å². The summed E-state index contributed by atoms with van der Waals surface area (Å²) in [6, 6.07) is 2.00. The van der Waals surface area contributed by atoms with Crippen LogP contribution in [0.5, 0.6) is 0 Å². The Balaban J connectivity index is 2.23. The van der Waals surface area contributed by atoms with Gasteiger partial charge < -0.3 is 9.84 Å². The van der Waals surface area contributed by atoms with E-state index in [1.165, 1.54) is 0 Å². The van der Waals surface area contributed by atoms with Crippen LogP contribution >= 0.6 is 11.8 Å². The molecule has 0 bridgehead atoms. The van der Waals surface area contributed by atoms with Crippen molar-refractivity contribution >= 4 is 23.5 Å². The van der Waals surface area contributed by atoms with Gasteiger partial charge in [0.25, 0.3) is 0 Å². The van der Waals surface area contributed by atoms with Crippen molar-refractivity contribution in [3.8, 4) is 0 Å². The lowest BCUT2D eigenvalue weighted by molar-refractivity contribution is 0.0209. The summed E-state index contributed by atoms with van der Waals surface area (Å²) in [6.45, 7) is 3.33. The van der Waals surface area contributed by atoms with E-state index in [4.69, 9.17) is 4.74 Å². The molecule has 1 aliphatic heterocycles. The van der Waals surface area contributed by atoms with Gasteiger partial charge in [-0.05, 0) is 50.3 Å². The third-order valence-electron chi connectivity index (χ3n) is 3.42. The van der Waals surface area contributed by atoms with Crippen LogP contribution in [-0.4, -0.2) is 28.8 Å². The fourth-order valence-corrected chi connectivity index (χ4v) is 3.58. The van der Waals surface area contributed by atoms with E-state index >= 15 is 0 Å². The highest BCUT2D eigenvalue weighted by atomic mass is 32.2. The van der Waals surface area contributed by atoms with Crippen LogP contribution in [0.3, 0.4) is 0 Å². The van der Waals surface area contributed by atoms with E-state index in [-0.39, 0.29) is 17.4 Å². The molecule has 122 valence electrons. The summed E-state index contributed by atoms with van der Waals surface area (Å²) in [4.78, 5) is 11.5. The van der Waals surface area contributed by atoms with E-state index < -0.39 is 23.3 Å². The zero-order valence-corrected chi connectivity index (χ0v) is 13.3. The van der Waals surface area contributed by atoms with Gasteiger partial charge in [0.1, 0.15) is 11.6 Å². The van der Waals surface area contributed by atoms with Crippen LogP contribution in [0.15, 0.2) is 12.1 Å². The molecule has 0 aliphatic carbocycles. The number of hydrogen-bond donors (Lipinski definition) is 2. The van der Waals surface area contributed by atoms with Gasteiger partial charge >= 0.3 is 6.09 Å². The Labute approximate surface area is 132 Å². The predicted molar refractivity (Wildman–Crippen MR) is 82.1 cm³/mol. The van der Waals surface area contributed by atoms with Gasteiger partial charge in [-0.1, -0.05) is 0 Å². The minimum absolute atomic E-state index is 0.0433. The summed E-state index contributed by atoms with van der Waals surface area (Å²) in [6.07, 6.45) is -0.523. The van der Waals surface area contributed by atoms with E-state index in [2.05, 4.69) is 5.32 Å². The third-order valence-corrected chi connectivity index (χ3v) is 4.40. The number of amides is 1. The number of anilines is 1. The summed E-state index contributed by atoms with van der Waals surface area (Å²) in [5, 5.41) is 12.8. The molecular weight excluding hydrogens is 312 g/mol. The molecule has 1 aliphatic rings. The Kier molecular flexibility index (Phi) is 5.28. The predicted octanol–water partition coefficient (Wildman–Crippen LogP) is 3.64. The van der Waals surface area contributed by atoms with Crippen LogP contribution in [0.2, 0.25) is 0 Å². The van der Waals surface area contributed by atoms with Crippen LogP contribution in [-0.2, 0) is 10.3 Å². The van der Waals surface area contributed by atoms with Crippen LogP contribution < -0.4 is 5.32 Å². The van der Waals surface area contributed by atoms with Gasteiger partial charge in [-0.25, -0.2) is 13.6 Å². The van der Waals surface area contributed by atoms with Crippen molar-refractivity contribution in [1.82, 2.24) is 0 Å². The lowest BCUT2D eigenvalue weighted by atomic mass is 9.87. The van der Waals surface area contributed by atoms with Crippen molar-refractivity contribution in [1.29, 1.82) is 0 Å². The Bertz CT molecular complexity index is 537. The van der Waals surface area contributed by atoms with Crippen LogP contribution in [0.4, 0.5) is 19.3 Å². The standard InChI is InChI=1S/C15H19F2NO3S/c1-9(2)21-14(19)18-10-7-11(16)13(12(17)8-10)15(20)3-5-22-6-4-15/h7-9,20H,3-6H2,1-2H3,(H,18,19). The van der Waals surface area contributed by atoms with E-state index in [1.54, 1.807) is 25.6 Å². The first-order valence-electron chi connectivity index (χ1n) is 7.09. The Hall–Kier alpha value is -1.34. The zero-order chi connectivity index (χ0) is 16.3. The summed E-state index contributed by atoms with van der Waals surface area (Å²) in [5.41, 5.74) is -1.86. The molecule has 1 aromatic rings. The molecule has 0 atom stereocenters. The minimum atomic E-state index is -1.49. The second-order valence-electron chi connectivity index (χ2n) is 5.54. The molecule has 4 nitrogen and oxygen atoms in total. The normalized spacial score (nSPS) is 17.4. The number of aliphatic hydroxyl groups is 1. The van der Waals surface area contributed by atoms with Gasteiger partial charge in [-0.15, -0.1) is 0 Å². The molecule has 1 aromatic carbocycles. The molecule has 0 radical (unpaired) electrons. The highest BCUT2D eigenvalue weighted by Gasteiger charge is 2.37. The molecule has 2 rings (SSSR count). The lowest BCUT2D eigenvalue weighted by Gasteiger charge is -2.32. The van der Waals surface area contributed by atoms with Crippen LogP contribution in [0, 0.1) is 11.6 Å². The Morgan fingerprint density at radius 2 is 1.86 bits per heavy atom. The number of rotatable bonds is 3. The maximum absolute atomic E-state index is 14.3. The number of hydrogen-bond acceptors (Lipinski definition) is 4. The number of benzene rings is 1. The molecule has 22 heavy (non-hydrogen) atoms. The Morgan fingerprint density at radius 1 is 1.32 bits per heavy atom. The summed E-state index contributed by atoms with van der Waals surface area (Å²) < 4.78 is 33.4. The largest absolute Gasteiger partial charge is 0.447 e. The maximum atomic E-state index is 14.3. The van der Waals surface area contributed by atoms with Crippen molar-refractivity contribution in [2.45, 2.75) is 38.4 Å². The zero-order valence-electron chi connectivity index (χ0n) is 12.5. The smallest absolute Gasteiger partial charge is 0.411 e. The van der Waals surface area contributed by atoms with Crippen molar-refractivity contribution in [3.63, 3.8) is 0 Å². The summed E-state index contributed by atoms with van der Waals surface area (Å²) in [5.74, 6) is -0.435. The molecule has 0 aromatic heterocycles. The van der Waals surface area contributed by atoms with Crippen molar-refractivity contribution < 1.29 is 23.4 Å². The van der Waals surface area contributed by atoms with Crippen molar-refractivity contribution in [2.24, 2.45) is 0 Å². The summed E-state index contributed by atoms with van der Waals surface area (Å²) >= 11 is 1.64. The molecule has 1 fully saturated rings. The number of ether oxygens (including phenoxy) is 1. The first kappa shape index (κ1) is 17.0. The highest BCUT2D eigenvalue weighted by Crippen LogP contribution is 2.39. The molecule has 0 saturated carbocycles. The van der Waals surface area contributed by atoms with Crippen molar-refractivity contribution in [3.05, 3.63) is 29.3 Å². The van der Waals surface area contributed by atoms with Gasteiger partial charge in [0.2, 0.25) is 0 Å². The molecule has 1 saturated heterocycles. The van der Waals surface area contributed by atoms with E-state index in [0.717, 1.165) is 12.1 Å². The monoisotopic (exact) mass is 331 g/mol. The average molecular weight is 331 g/mol. The molecule has 1 heterocycles. The SMILES string of the molecule is CC(C)OC(=O)Nc1cc(F)c(C2(O)CCSCC2)c(F)c1.